The van der Waals surface area contributed by atoms with E-state index in [4.69, 9.17) is 9.31 Å². The molecule has 1 saturated carbocycles. The third-order valence-corrected chi connectivity index (χ3v) is 6.90. The Kier molecular flexibility index (Phi) is 4.22. The first-order valence-electron chi connectivity index (χ1n) is 8.15. The van der Waals surface area contributed by atoms with E-state index in [1.807, 2.05) is 30.3 Å². The molecule has 3 nitrogen and oxygen atoms in total. The lowest BCUT2D eigenvalue weighted by Crippen LogP contribution is -2.41. The van der Waals surface area contributed by atoms with Gasteiger partial charge in [0.1, 0.15) is 0 Å². The maximum Gasteiger partial charge on any atom is 0.465 e. The Morgan fingerprint density at radius 1 is 1.14 bits per heavy atom. The molecule has 2 fully saturated rings. The van der Waals surface area contributed by atoms with Crippen molar-refractivity contribution in [3.63, 3.8) is 0 Å². The normalized spacial score (nSPS) is 25.1. The average molecular weight is 319 g/mol. The van der Waals surface area contributed by atoms with Crippen molar-refractivity contribution < 1.29 is 13.9 Å². The van der Waals surface area contributed by atoms with E-state index in [0.29, 0.717) is 12.1 Å². The summed E-state index contributed by atoms with van der Waals surface area (Å²) in [6.07, 6.45) is 3.06. The van der Waals surface area contributed by atoms with Gasteiger partial charge in [-0.25, -0.2) is 0 Å². The average Bonchev–Trinajstić information content (AvgIpc) is 3.25. The minimum Gasteiger partial charge on any atom is -0.403 e. The van der Waals surface area contributed by atoms with Crippen molar-refractivity contribution >= 4 is 20.2 Å². The van der Waals surface area contributed by atoms with Crippen LogP contribution in [0, 0.1) is 5.92 Å². The highest BCUT2D eigenvalue weighted by atomic mass is 31.1. The molecule has 0 spiro atoms. The largest absolute Gasteiger partial charge is 0.465 e. The van der Waals surface area contributed by atoms with Gasteiger partial charge < -0.3 is 9.31 Å². The summed E-state index contributed by atoms with van der Waals surface area (Å²) in [7, 11) is -1.63. The Hall–Kier alpha value is -0.695. The van der Waals surface area contributed by atoms with Gasteiger partial charge in [0.15, 0.2) is 11.5 Å². The minimum atomic E-state index is -1.40. The predicted molar refractivity (Wildman–Crippen MR) is 91.1 cm³/mol. The quantitative estimate of drug-likeness (QED) is 0.607. The van der Waals surface area contributed by atoms with Gasteiger partial charge in [-0.1, -0.05) is 35.6 Å². The molecular weight excluding hydrogens is 294 g/mol. The zero-order valence-electron chi connectivity index (χ0n) is 13.9. The van der Waals surface area contributed by atoms with Crippen molar-refractivity contribution in [1.82, 2.24) is 0 Å². The van der Waals surface area contributed by atoms with Gasteiger partial charge in [0.2, 0.25) is 0 Å². The SMILES string of the molecule is CC1(C)OB([C@H](C[P+](=O)c2ccccc2)C2CC2)OC1(C)C. The van der Waals surface area contributed by atoms with Crippen LogP contribution in [0.1, 0.15) is 40.5 Å². The number of benzene rings is 1. The van der Waals surface area contributed by atoms with Gasteiger partial charge in [-0.2, -0.15) is 0 Å². The van der Waals surface area contributed by atoms with E-state index >= 15 is 0 Å². The summed E-state index contributed by atoms with van der Waals surface area (Å²) in [4.78, 5) is 0. The number of rotatable bonds is 5. The van der Waals surface area contributed by atoms with Crippen LogP contribution in [0.5, 0.6) is 0 Å². The molecule has 0 amide bonds. The standard InChI is InChI=1S/C17H25BO3P/c1-16(2)17(3,4)21-18(20-16)15(13-10-11-13)12-22(19)14-8-6-5-7-9-14/h5-9,13,15H,10-12H2,1-4H3/q+1/t15-/m1/s1. The Morgan fingerprint density at radius 2 is 1.68 bits per heavy atom. The van der Waals surface area contributed by atoms with Crippen LogP contribution < -0.4 is 5.30 Å². The molecule has 1 aliphatic carbocycles. The van der Waals surface area contributed by atoms with E-state index < -0.39 is 7.80 Å². The monoisotopic (exact) mass is 319 g/mol. The van der Waals surface area contributed by atoms with Gasteiger partial charge in [-0.15, -0.1) is 0 Å². The lowest BCUT2D eigenvalue weighted by atomic mass is 9.70. The molecule has 1 heterocycles. The predicted octanol–water partition coefficient (Wildman–Crippen LogP) is 4.01. The van der Waals surface area contributed by atoms with Crippen LogP contribution in [-0.2, 0) is 13.9 Å². The van der Waals surface area contributed by atoms with Gasteiger partial charge >= 0.3 is 14.9 Å². The molecule has 1 aliphatic heterocycles. The summed E-state index contributed by atoms with van der Waals surface area (Å²) >= 11 is 0. The highest BCUT2D eigenvalue weighted by Crippen LogP contribution is 2.50. The van der Waals surface area contributed by atoms with E-state index in [1.165, 1.54) is 12.8 Å². The smallest absolute Gasteiger partial charge is 0.403 e. The van der Waals surface area contributed by atoms with E-state index in [-0.39, 0.29) is 24.1 Å². The summed E-state index contributed by atoms with van der Waals surface area (Å²) in [5.41, 5.74) is -0.633. The van der Waals surface area contributed by atoms with E-state index in [0.717, 1.165) is 5.30 Å². The second-order valence-corrected chi connectivity index (χ2v) is 9.16. The van der Waals surface area contributed by atoms with Crippen LogP contribution >= 0.6 is 7.80 Å². The Morgan fingerprint density at radius 3 is 2.18 bits per heavy atom. The van der Waals surface area contributed by atoms with Crippen LogP contribution in [0.3, 0.4) is 0 Å². The van der Waals surface area contributed by atoms with Crippen molar-refractivity contribution in [2.24, 2.45) is 5.92 Å². The van der Waals surface area contributed by atoms with E-state index in [1.54, 1.807) is 0 Å². The van der Waals surface area contributed by atoms with E-state index in [9.17, 15) is 4.57 Å². The molecule has 0 bridgehead atoms. The van der Waals surface area contributed by atoms with Crippen molar-refractivity contribution in [3.05, 3.63) is 30.3 Å². The van der Waals surface area contributed by atoms with Crippen molar-refractivity contribution in [3.8, 4) is 0 Å². The van der Waals surface area contributed by atoms with E-state index in [2.05, 4.69) is 27.7 Å². The lowest BCUT2D eigenvalue weighted by Gasteiger charge is -2.32. The molecule has 1 aromatic rings. The van der Waals surface area contributed by atoms with Crippen LogP contribution in [0.15, 0.2) is 30.3 Å². The molecule has 3 rings (SSSR count). The number of hydrogen-bond acceptors (Lipinski definition) is 3. The van der Waals surface area contributed by atoms with Crippen molar-refractivity contribution in [1.29, 1.82) is 0 Å². The second kappa shape index (κ2) is 5.74. The van der Waals surface area contributed by atoms with Crippen molar-refractivity contribution in [2.45, 2.75) is 57.6 Å². The summed E-state index contributed by atoms with van der Waals surface area (Å²) in [6.45, 7) is 8.31. The van der Waals surface area contributed by atoms with Crippen LogP contribution in [0.4, 0.5) is 0 Å². The van der Waals surface area contributed by atoms with Crippen LogP contribution in [0.2, 0.25) is 5.82 Å². The minimum absolute atomic E-state index is 0.227. The molecule has 1 saturated heterocycles. The van der Waals surface area contributed by atoms with Crippen molar-refractivity contribution in [2.75, 3.05) is 6.16 Å². The lowest BCUT2D eigenvalue weighted by molar-refractivity contribution is 0.00578. The first-order valence-corrected chi connectivity index (χ1v) is 9.60. The third kappa shape index (κ3) is 3.15. The first kappa shape index (κ1) is 16.2. The summed E-state index contributed by atoms with van der Waals surface area (Å²) < 4.78 is 25.1. The van der Waals surface area contributed by atoms with Crippen LogP contribution in [0.25, 0.3) is 0 Å². The number of hydrogen-bond donors (Lipinski definition) is 0. The third-order valence-electron chi connectivity index (χ3n) is 5.27. The first-order chi connectivity index (χ1) is 10.3. The summed E-state index contributed by atoms with van der Waals surface area (Å²) in [5, 5.41) is 0.930. The Labute approximate surface area is 134 Å². The molecule has 5 heteroatoms. The summed E-state index contributed by atoms with van der Waals surface area (Å²) in [6, 6.07) is 9.76. The molecule has 1 aromatic carbocycles. The molecular formula is C17H25BO3P+. The fourth-order valence-corrected chi connectivity index (χ4v) is 4.51. The van der Waals surface area contributed by atoms with Gasteiger partial charge in [-0.05, 0) is 45.7 Å². The maximum absolute atomic E-state index is 12.7. The van der Waals surface area contributed by atoms with Gasteiger partial charge in [0.05, 0.1) is 11.2 Å². The van der Waals surface area contributed by atoms with Gasteiger partial charge in [-0.3, -0.25) is 0 Å². The molecule has 0 radical (unpaired) electrons. The highest BCUT2D eigenvalue weighted by Gasteiger charge is 2.57. The van der Waals surface area contributed by atoms with Gasteiger partial charge in [0, 0.05) is 5.82 Å². The molecule has 2 aliphatic rings. The van der Waals surface area contributed by atoms with Crippen LogP contribution in [-0.4, -0.2) is 24.5 Å². The zero-order chi connectivity index (χ0) is 16.0. The zero-order valence-corrected chi connectivity index (χ0v) is 14.8. The Balaban J connectivity index is 1.74. The van der Waals surface area contributed by atoms with Gasteiger partial charge in [0.25, 0.3) is 0 Å². The maximum atomic E-state index is 12.7. The molecule has 1 unspecified atom stereocenters. The fourth-order valence-electron chi connectivity index (χ4n) is 2.94. The summed E-state index contributed by atoms with van der Waals surface area (Å²) in [5.74, 6) is 0.822. The highest BCUT2D eigenvalue weighted by molar-refractivity contribution is 7.53. The molecule has 0 N–H and O–H groups in total. The fraction of sp³-hybridized carbons (Fsp3) is 0.647. The topological polar surface area (TPSA) is 35.5 Å². The molecule has 118 valence electrons. The molecule has 22 heavy (non-hydrogen) atoms. The Bertz CT molecular complexity index is 538. The molecule has 0 aromatic heterocycles. The molecule has 2 atom stereocenters. The second-order valence-electron chi connectivity index (χ2n) is 7.52.